The van der Waals surface area contributed by atoms with Gasteiger partial charge in [-0.25, -0.2) is 0 Å². The highest BCUT2D eigenvalue weighted by atomic mass is 16.5. The number of hydrogen-bond donors (Lipinski definition) is 2. The molecule has 2 heterocycles. The van der Waals surface area contributed by atoms with Crippen LogP contribution in [0.4, 0.5) is 5.95 Å². The number of aryl methyl sites for hydroxylation is 1. The third-order valence-corrected chi connectivity index (χ3v) is 3.05. The van der Waals surface area contributed by atoms with Crippen molar-refractivity contribution in [3.05, 3.63) is 30.4 Å². The van der Waals surface area contributed by atoms with Crippen molar-refractivity contribution in [3.8, 4) is 0 Å². The van der Waals surface area contributed by atoms with Crippen LogP contribution in [0.3, 0.4) is 0 Å². The van der Waals surface area contributed by atoms with Crippen LogP contribution in [0.5, 0.6) is 0 Å². The minimum Gasteiger partial charge on any atom is -0.377 e. The summed E-state index contributed by atoms with van der Waals surface area (Å²) in [5, 5.41) is 9.27. The van der Waals surface area contributed by atoms with Gasteiger partial charge < -0.3 is 9.30 Å². The number of hydrogen-bond acceptors (Lipinski definition) is 4. The van der Waals surface area contributed by atoms with Gasteiger partial charge in [-0.1, -0.05) is 6.42 Å². The van der Waals surface area contributed by atoms with Gasteiger partial charge in [0.2, 0.25) is 11.9 Å². The number of ether oxygens (including phenoxy) is 1. The number of anilines is 1. The topological polar surface area (TPSA) is 84.8 Å². The maximum atomic E-state index is 11.7. The van der Waals surface area contributed by atoms with E-state index < -0.39 is 0 Å². The standard InChI is InChI=1S/C14H21N5O2/c1-21-11-12-15-14(18-17-12)16-13(20)7-3-2-4-8-19-9-5-6-10-19/h5-6,9-10H,2-4,7-8,11H2,1H3,(H2,15,16,17,18,20). The van der Waals surface area contributed by atoms with E-state index in [1.165, 1.54) is 0 Å². The van der Waals surface area contributed by atoms with Crippen molar-refractivity contribution in [1.82, 2.24) is 19.7 Å². The van der Waals surface area contributed by atoms with Gasteiger partial charge in [0.25, 0.3) is 0 Å². The Morgan fingerprint density at radius 1 is 1.33 bits per heavy atom. The summed E-state index contributed by atoms with van der Waals surface area (Å²) in [4.78, 5) is 15.8. The summed E-state index contributed by atoms with van der Waals surface area (Å²) >= 11 is 0. The summed E-state index contributed by atoms with van der Waals surface area (Å²) in [6.45, 7) is 1.35. The molecule has 0 radical (unpaired) electrons. The van der Waals surface area contributed by atoms with Crippen molar-refractivity contribution >= 4 is 11.9 Å². The van der Waals surface area contributed by atoms with E-state index in [0.29, 0.717) is 24.8 Å². The Morgan fingerprint density at radius 3 is 2.90 bits per heavy atom. The number of carbonyl (C=O) groups is 1. The van der Waals surface area contributed by atoms with Gasteiger partial charge in [0.05, 0.1) is 0 Å². The van der Waals surface area contributed by atoms with Crippen LogP contribution in [-0.4, -0.2) is 32.8 Å². The fourth-order valence-electron chi connectivity index (χ4n) is 2.02. The van der Waals surface area contributed by atoms with Crippen LogP contribution in [0.1, 0.15) is 31.5 Å². The first-order chi connectivity index (χ1) is 10.3. The molecular weight excluding hydrogens is 270 g/mol. The number of carbonyl (C=O) groups excluding carboxylic acids is 1. The highest BCUT2D eigenvalue weighted by Crippen LogP contribution is 2.05. The zero-order valence-electron chi connectivity index (χ0n) is 12.2. The third-order valence-electron chi connectivity index (χ3n) is 3.05. The van der Waals surface area contributed by atoms with Gasteiger partial charge in [-0.15, -0.1) is 5.10 Å². The van der Waals surface area contributed by atoms with E-state index in [0.717, 1.165) is 25.8 Å². The van der Waals surface area contributed by atoms with Crippen molar-refractivity contribution < 1.29 is 9.53 Å². The van der Waals surface area contributed by atoms with Crippen LogP contribution in [0.15, 0.2) is 24.5 Å². The minimum absolute atomic E-state index is 0.0565. The number of aromatic amines is 1. The molecule has 0 bridgehead atoms. The van der Waals surface area contributed by atoms with E-state index in [-0.39, 0.29) is 5.91 Å². The molecule has 0 fully saturated rings. The number of H-pyrrole nitrogens is 1. The molecule has 7 heteroatoms. The summed E-state index contributed by atoms with van der Waals surface area (Å²) in [5.41, 5.74) is 0. The fourth-order valence-corrected chi connectivity index (χ4v) is 2.02. The van der Waals surface area contributed by atoms with Crippen molar-refractivity contribution in [3.63, 3.8) is 0 Å². The number of amides is 1. The molecule has 0 aromatic carbocycles. The molecule has 2 rings (SSSR count). The average molecular weight is 291 g/mol. The van der Waals surface area contributed by atoms with Crippen molar-refractivity contribution in [1.29, 1.82) is 0 Å². The third kappa shape index (κ3) is 5.39. The highest BCUT2D eigenvalue weighted by Gasteiger charge is 2.07. The Labute approximate surface area is 123 Å². The largest absolute Gasteiger partial charge is 0.377 e. The van der Waals surface area contributed by atoms with Gasteiger partial charge in [-0.3, -0.25) is 15.2 Å². The lowest BCUT2D eigenvalue weighted by atomic mass is 10.2. The van der Waals surface area contributed by atoms with E-state index in [1.807, 2.05) is 24.5 Å². The SMILES string of the molecule is COCc1nc(NC(=O)CCCCCn2cccc2)n[nH]1. The van der Waals surface area contributed by atoms with Crippen LogP contribution < -0.4 is 5.32 Å². The molecular formula is C14H21N5O2. The first-order valence-corrected chi connectivity index (χ1v) is 7.09. The Kier molecular flexibility index (Phi) is 5.96. The van der Waals surface area contributed by atoms with E-state index in [4.69, 9.17) is 4.74 Å². The Hall–Kier alpha value is -2.15. The monoisotopic (exact) mass is 291 g/mol. The fraction of sp³-hybridized carbons (Fsp3) is 0.500. The van der Waals surface area contributed by atoms with Gasteiger partial charge in [0.1, 0.15) is 6.61 Å². The smallest absolute Gasteiger partial charge is 0.248 e. The van der Waals surface area contributed by atoms with Crippen LogP contribution in [0.25, 0.3) is 0 Å². The predicted molar refractivity (Wildman–Crippen MR) is 78.6 cm³/mol. The minimum atomic E-state index is -0.0565. The predicted octanol–water partition coefficient (Wildman–Crippen LogP) is 1.95. The Balaban J connectivity index is 1.58. The molecule has 21 heavy (non-hydrogen) atoms. The zero-order chi connectivity index (χ0) is 14.9. The second-order valence-corrected chi connectivity index (χ2v) is 4.82. The molecule has 0 aliphatic carbocycles. The molecule has 0 atom stereocenters. The summed E-state index contributed by atoms with van der Waals surface area (Å²) in [6.07, 6.45) is 7.54. The first kappa shape index (κ1) is 15.2. The molecule has 0 saturated carbocycles. The quantitative estimate of drug-likeness (QED) is 0.692. The molecule has 114 valence electrons. The zero-order valence-corrected chi connectivity index (χ0v) is 12.2. The van der Waals surface area contributed by atoms with Gasteiger partial charge in [-0.05, 0) is 25.0 Å². The molecule has 2 aromatic heterocycles. The molecule has 7 nitrogen and oxygen atoms in total. The van der Waals surface area contributed by atoms with Gasteiger partial charge >= 0.3 is 0 Å². The van der Waals surface area contributed by atoms with Crippen LogP contribution in [0.2, 0.25) is 0 Å². The van der Waals surface area contributed by atoms with E-state index >= 15 is 0 Å². The molecule has 0 aliphatic heterocycles. The van der Waals surface area contributed by atoms with Crippen molar-refractivity contribution in [2.75, 3.05) is 12.4 Å². The van der Waals surface area contributed by atoms with Crippen molar-refractivity contribution in [2.24, 2.45) is 0 Å². The summed E-state index contributed by atoms with van der Waals surface area (Å²) in [6, 6.07) is 4.03. The molecule has 2 N–H and O–H groups in total. The Morgan fingerprint density at radius 2 is 2.14 bits per heavy atom. The van der Waals surface area contributed by atoms with Gasteiger partial charge in [0, 0.05) is 32.5 Å². The normalized spacial score (nSPS) is 10.7. The van der Waals surface area contributed by atoms with Crippen molar-refractivity contribution in [2.45, 2.75) is 38.8 Å². The van der Waals surface area contributed by atoms with Gasteiger partial charge in [0.15, 0.2) is 5.82 Å². The number of aromatic nitrogens is 4. The maximum Gasteiger partial charge on any atom is 0.248 e. The molecule has 0 aliphatic rings. The lowest BCUT2D eigenvalue weighted by Gasteiger charge is -2.03. The molecule has 1 amide bonds. The molecule has 0 spiro atoms. The lowest BCUT2D eigenvalue weighted by Crippen LogP contribution is -2.12. The van der Waals surface area contributed by atoms with Crippen LogP contribution >= 0.6 is 0 Å². The van der Waals surface area contributed by atoms with E-state index in [1.54, 1.807) is 7.11 Å². The lowest BCUT2D eigenvalue weighted by molar-refractivity contribution is -0.116. The Bertz CT molecular complexity index is 535. The van der Waals surface area contributed by atoms with E-state index in [2.05, 4.69) is 25.1 Å². The molecule has 0 saturated heterocycles. The van der Waals surface area contributed by atoms with Crippen LogP contribution in [0, 0.1) is 0 Å². The number of nitrogens with zero attached hydrogens (tertiary/aromatic N) is 3. The van der Waals surface area contributed by atoms with Gasteiger partial charge in [-0.2, -0.15) is 4.98 Å². The number of unbranched alkanes of at least 4 members (excludes halogenated alkanes) is 2. The number of rotatable bonds is 9. The average Bonchev–Trinajstić information content (AvgIpc) is 3.11. The maximum absolute atomic E-state index is 11.7. The first-order valence-electron chi connectivity index (χ1n) is 7.09. The van der Waals surface area contributed by atoms with Crippen LogP contribution in [-0.2, 0) is 22.7 Å². The summed E-state index contributed by atoms with van der Waals surface area (Å²) < 4.78 is 7.06. The second kappa shape index (κ2) is 8.21. The number of methoxy groups -OCH3 is 1. The second-order valence-electron chi connectivity index (χ2n) is 4.82. The highest BCUT2D eigenvalue weighted by molar-refractivity contribution is 5.88. The summed E-state index contributed by atoms with van der Waals surface area (Å²) in [7, 11) is 1.58. The molecule has 2 aromatic rings. The number of nitrogens with one attached hydrogen (secondary N) is 2. The molecule has 0 unspecified atom stereocenters. The summed E-state index contributed by atoms with van der Waals surface area (Å²) in [5.74, 6) is 0.845. The van der Waals surface area contributed by atoms with E-state index in [9.17, 15) is 4.79 Å².